The first kappa shape index (κ1) is 19.3. The molecule has 7 nitrogen and oxygen atoms in total. The summed E-state index contributed by atoms with van der Waals surface area (Å²) in [6, 6.07) is 12.6. The van der Waals surface area contributed by atoms with Crippen molar-refractivity contribution in [1.29, 1.82) is 0 Å². The number of fused-ring (bicyclic) bond motifs is 1. The summed E-state index contributed by atoms with van der Waals surface area (Å²) in [5.41, 5.74) is 1.89. The normalized spacial score (nSPS) is 10.5. The zero-order chi connectivity index (χ0) is 20.1. The quantitative estimate of drug-likeness (QED) is 0.655. The number of hydrogen-bond donors (Lipinski definition) is 2. The van der Waals surface area contributed by atoms with E-state index in [1.165, 1.54) is 7.11 Å². The number of aryl methyl sites for hydroxylation is 1. The van der Waals surface area contributed by atoms with E-state index in [1.54, 1.807) is 37.4 Å². The third-order valence-electron chi connectivity index (χ3n) is 4.29. The highest BCUT2D eigenvalue weighted by atomic mass is 16.5. The van der Waals surface area contributed by atoms with Gasteiger partial charge < -0.3 is 24.5 Å². The Hall–Kier alpha value is -3.48. The van der Waals surface area contributed by atoms with Crippen molar-refractivity contribution in [1.82, 2.24) is 10.3 Å². The Bertz CT molecular complexity index is 1040. The number of carbonyl (C=O) groups excluding carboxylic acids is 1. The van der Waals surface area contributed by atoms with Crippen LogP contribution in [0.2, 0.25) is 0 Å². The Morgan fingerprint density at radius 1 is 1.04 bits per heavy atom. The Morgan fingerprint density at radius 3 is 2.39 bits per heavy atom. The van der Waals surface area contributed by atoms with Gasteiger partial charge in [0.1, 0.15) is 5.75 Å². The number of rotatable bonds is 7. The Labute approximate surface area is 162 Å². The molecule has 3 rings (SSSR count). The van der Waals surface area contributed by atoms with Gasteiger partial charge in [-0.05, 0) is 31.2 Å². The first-order chi connectivity index (χ1) is 13.5. The first-order valence-corrected chi connectivity index (χ1v) is 8.74. The van der Waals surface area contributed by atoms with Crippen molar-refractivity contribution in [3.05, 3.63) is 63.9 Å². The van der Waals surface area contributed by atoms with Gasteiger partial charge in [0.2, 0.25) is 0 Å². The fourth-order valence-corrected chi connectivity index (χ4v) is 2.74. The lowest BCUT2D eigenvalue weighted by Gasteiger charge is -2.11. The number of H-pyrrole nitrogens is 1. The summed E-state index contributed by atoms with van der Waals surface area (Å²) in [5.74, 6) is 1.39. The van der Waals surface area contributed by atoms with E-state index < -0.39 is 0 Å². The molecule has 0 spiro atoms. The van der Waals surface area contributed by atoms with Crippen LogP contribution in [0.15, 0.2) is 47.3 Å². The van der Waals surface area contributed by atoms with Crippen molar-refractivity contribution in [2.75, 3.05) is 20.8 Å². The number of aromatic nitrogens is 1. The van der Waals surface area contributed by atoms with E-state index in [9.17, 15) is 9.59 Å². The van der Waals surface area contributed by atoms with Crippen LogP contribution in [0.5, 0.6) is 17.2 Å². The summed E-state index contributed by atoms with van der Waals surface area (Å²) < 4.78 is 16.0. The highest BCUT2D eigenvalue weighted by Crippen LogP contribution is 2.30. The summed E-state index contributed by atoms with van der Waals surface area (Å²) in [4.78, 5) is 27.1. The lowest BCUT2D eigenvalue weighted by Crippen LogP contribution is -2.30. The van der Waals surface area contributed by atoms with Crippen LogP contribution in [-0.2, 0) is 11.3 Å². The summed E-state index contributed by atoms with van der Waals surface area (Å²) >= 11 is 0. The number of ether oxygens (including phenoxy) is 3. The van der Waals surface area contributed by atoms with Gasteiger partial charge in [-0.15, -0.1) is 0 Å². The van der Waals surface area contributed by atoms with Crippen molar-refractivity contribution in [2.45, 2.75) is 13.5 Å². The van der Waals surface area contributed by atoms with Gasteiger partial charge in [-0.2, -0.15) is 0 Å². The number of pyridine rings is 1. The zero-order valence-electron chi connectivity index (χ0n) is 16.0. The van der Waals surface area contributed by atoms with E-state index in [2.05, 4.69) is 10.3 Å². The van der Waals surface area contributed by atoms with E-state index in [4.69, 9.17) is 14.2 Å². The maximum atomic E-state index is 12.3. The summed E-state index contributed by atoms with van der Waals surface area (Å²) in [7, 11) is 3.08. The van der Waals surface area contributed by atoms with Crippen LogP contribution in [0.4, 0.5) is 0 Å². The molecule has 0 unspecified atom stereocenters. The molecule has 0 aliphatic heterocycles. The molecule has 1 amide bonds. The molecule has 0 bridgehead atoms. The molecule has 3 aromatic rings. The average Bonchev–Trinajstić information content (AvgIpc) is 2.70. The van der Waals surface area contributed by atoms with Crippen LogP contribution in [0, 0.1) is 6.92 Å². The van der Waals surface area contributed by atoms with Crippen LogP contribution < -0.4 is 25.1 Å². The predicted octanol–water partition coefficient (Wildman–Crippen LogP) is 2.55. The molecule has 146 valence electrons. The minimum absolute atomic E-state index is 0.0930. The van der Waals surface area contributed by atoms with Crippen molar-refractivity contribution in [3.63, 3.8) is 0 Å². The van der Waals surface area contributed by atoms with Crippen LogP contribution in [0.3, 0.4) is 0 Å². The highest BCUT2D eigenvalue weighted by Gasteiger charge is 2.10. The van der Waals surface area contributed by atoms with Gasteiger partial charge in [0.05, 0.1) is 19.7 Å². The Morgan fingerprint density at radius 2 is 1.71 bits per heavy atom. The molecule has 0 saturated heterocycles. The topological polar surface area (TPSA) is 89.6 Å². The molecule has 7 heteroatoms. The molecular formula is C21H22N2O5. The number of aromatic amines is 1. The second kappa shape index (κ2) is 8.47. The summed E-state index contributed by atoms with van der Waals surface area (Å²) in [5, 5.41) is 3.47. The van der Waals surface area contributed by atoms with Crippen molar-refractivity contribution in [3.8, 4) is 17.2 Å². The van der Waals surface area contributed by atoms with Crippen LogP contribution in [-0.4, -0.2) is 31.7 Å². The summed E-state index contributed by atoms with van der Waals surface area (Å²) in [6.07, 6.45) is 0. The Balaban J connectivity index is 1.67. The number of hydrogen-bond acceptors (Lipinski definition) is 5. The lowest BCUT2D eigenvalue weighted by molar-refractivity contribution is -0.123. The van der Waals surface area contributed by atoms with E-state index in [0.29, 0.717) is 28.3 Å². The van der Waals surface area contributed by atoms with Gasteiger partial charge in [0, 0.05) is 23.6 Å². The Kier molecular flexibility index (Phi) is 5.84. The molecule has 1 heterocycles. The molecule has 0 radical (unpaired) electrons. The maximum absolute atomic E-state index is 12.3. The van der Waals surface area contributed by atoms with Crippen LogP contribution in [0.25, 0.3) is 10.9 Å². The fraction of sp³-hybridized carbons (Fsp3) is 0.238. The SMILES string of the molecule is COc1cc2cc(CNC(=O)COc3ccc(C)cc3)c(=O)[nH]c2cc1OC. The average molecular weight is 382 g/mol. The molecule has 0 fully saturated rings. The third kappa shape index (κ3) is 4.43. The van der Waals surface area contributed by atoms with Crippen molar-refractivity contribution >= 4 is 16.8 Å². The molecule has 2 aromatic carbocycles. The van der Waals surface area contributed by atoms with Gasteiger partial charge in [0.15, 0.2) is 18.1 Å². The minimum atomic E-state index is -0.313. The van der Waals surface area contributed by atoms with E-state index in [0.717, 1.165) is 10.9 Å². The molecule has 0 saturated carbocycles. The first-order valence-electron chi connectivity index (χ1n) is 8.74. The highest BCUT2D eigenvalue weighted by molar-refractivity contribution is 5.83. The summed E-state index contributed by atoms with van der Waals surface area (Å²) in [6.45, 7) is 1.94. The van der Waals surface area contributed by atoms with E-state index in [1.807, 2.05) is 19.1 Å². The smallest absolute Gasteiger partial charge is 0.258 e. The minimum Gasteiger partial charge on any atom is -0.493 e. The van der Waals surface area contributed by atoms with Gasteiger partial charge >= 0.3 is 0 Å². The molecule has 0 atom stereocenters. The van der Waals surface area contributed by atoms with E-state index in [-0.39, 0.29) is 24.6 Å². The van der Waals surface area contributed by atoms with Crippen LogP contribution >= 0.6 is 0 Å². The van der Waals surface area contributed by atoms with Gasteiger partial charge in [-0.1, -0.05) is 17.7 Å². The monoisotopic (exact) mass is 382 g/mol. The second-order valence-corrected chi connectivity index (χ2v) is 6.30. The predicted molar refractivity (Wildman–Crippen MR) is 106 cm³/mol. The fourth-order valence-electron chi connectivity index (χ4n) is 2.74. The number of carbonyl (C=O) groups is 1. The maximum Gasteiger partial charge on any atom is 0.258 e. The lowest BCUT2D eigenvalue weighted by atomic mass is 10.1. The molecule has 0 aliphatic rings. The van der Waals surface area contributed by atoms with Gasteiger partial charge in [0.25, 0.3) is 11.5 Å². The van der Waals surface area contributed by atoms with Crippen molar-refractivity contribution in [2.24, 2.45) is 0 Å². The molecule has 28 heavy (non-hydrogen) atoms. The largest absolute Gasteiger partial charge is 0.493 e. The van der Waals surface area contributed by atoms with E-state index >= 15 is 0 Å². The van der Waals surface area contributed by atoms with Gasteiger partial charge in [-0.25, -0.2) is 0 Å². The van der Waals surface area contributed by atoms with Crippen molar-refractivity contribution < 1.29 is 19.0 Å². The molecular weight excluding hydrogens is 360 g/mol. The number of amides is 1. The molecule has 1 aromatic heterocycles. The van der Waals surface area contributed by atoms with Gasteiger partial charge in [-0.3, -0.25) is 9.59 Å². The number of benzene rings is 2. The second-order valence-electron chi connectivity index (χ2n) is 6.30. The molecule has 0 aliphatic carbocycles. The third-order valence-corrected chi connectivity index (χ3v) is 4.29. The molecule has 2 N–H and O–H groups in total. The number of methoxy groups -OCH3 is 2. The van der Waals surface area contributed by atoms with Crippen LogP contribution in [0.1, 0.15) is 11.1 Å². The number of nitrogens with one attached hydrogen (secondary N) is 2. The zero-order valence-corrected chi connectivity index (χ0v) is 16.0. The standard InChI is InChI=1S/C21H22N2O5/c1-13-4-6-16(7-5-13)28-12-20(24)22-11-15-8-14-9-18(26-2)19(27-3)10-17(14)23-21(15)25/h4-10H,11-12H2,1-3H3,(H,22,24)(H,23,25).